The van der Waals surface area contributed by atoms with Crippen LogP contribution in [0.4, 0.5) is 0 Å². The van der Waals surface area contributed by atoms with Crippen LogP contribution in [0.25, 0.3) is 11.3 Å². The summed E-state index contributed by atoms with van der Waals surface area (Å²) >= 11 is 4.93. The van der Waals surface area contributed by atoms with Crippen LogP contribution in [0, 0.1) is 0 Å². The first-order valence-corrected chi connectivity index (χ1v) is 7.34. The summed E-state index contributed by atoms with van der Waals surface area (Å²) in [6.45, 7) is 7.25. The van der Waals surface area contributed by atoms with Crippen molar-refractivity contribution in [2.45, 2.75) is 32.9 Å². The fraction of sp³-hybridized carbons (Fsp3) is 0.385. The van der Waals surface area contributed by atoms with E-state index in [1.54, 1.807) is 0 Å². The minimum absolute atomic E-state index is 0.0958. The molecule has 1 N–H and O–H groups in total. The van der Waals surface area contributed by atoms with Gasteiger partial charge in [-0.1, -0.05) is 32.6 Å². The van der Waals surface area contributed by atoms with Crippen molar-refractivity contribution < 1.29 is 0 Å². The Labute approximate surface area is 120 Å². The van der Waals surface area contributed by atoms with Crippen LogP contribution in [0.3, 0.4) is 0 Å². The molecule has 0 fully saturated rings. The number of nitrogens with one attached hydrogen (secondary N) is 1. The molecule has 0 aliphatic rings. The van der Waals surface area contributed by atoms with Crippen LogP contribution in [0.15, 0.2) is 28.7 Å². The molecular formula is C13H16BrN3S. The zero-order chi connectivity index (χ0) is 13.2. The molecule has 5 heteroatoms. The normalized spacial score (nSPS) is 11.8. The van der Waals surface area contributed by atoms with Gasteiger partial charge in [-0.15, -0.1) is 5.10 Å². The van der Waals surface area contributed by atoms with Crippen molar-refractivity contribution in [3.63, 3.8) is 0 Å². The minimum atomic E-state index is 0.0958. The lowest BCUT2D eigenvalue weighted by atomic mass is 10.1. The molecule has 0 radical (unpaired) electrons. The van der Waals surface area contributed by atoms with Crippen molar-refractivity contribution in [3.05, 3.63) is 33.6 Å². The van der Waals surface area contributed by atoms with E-state index in [1.165, 1.54) is 16.4 Å². The third-order valence-corrected chi connectivity index (χ3v) is 3.65. The average molecular weight is 326 g/mol. The molecule has 0 spiro atoms. The molecule has 0 saturated heterocycles. The second kappa shape index (κ2) is 5.47. The Bertz CT molecular complexity index is 531. The van der Waals surface area contributed by atoms with E-state index in [2.05, 4.69) is 63.7 Å². The predicted octanol–water partition coefficient (Wildman–Crippen LogP) is 3.86. The summed E-state index contributed by atoms with van der Waals surface area (Å²) in [4.78, 5) is 1.17. The molecule has 0 aliphatic heterocycles. The van der Waals surface area contributed by atoms with Gasteiger partial charge in [0, 0.05) is 22.1 Å². The number of hydrogen-bond donors (Lipinski definition) is 1. The number of aromatic nitrogens is 2. The maximum atomic E-state index is 4.24. The summed E-state index contributed by atoms with van der Waals surface area (Å²) in [7, 11) is 0. The highest BCUT2D eigenvalue weighted by atomic mass is 79.9. The average Bonchev–Trinajstić information content (AvgIpc) is 2.73. The highest BCUT2D eigenvalue weighted by Crippen LogP contribution is 2.26. The van der Waals surface area contributed by atoms with Gasteiger partial charge in [0.15, 0.2) is 0 Å². The molecule has 18 heavy (non-hydrogen) atoms. The summed E-state index contributed by atoms with van der Waals surface area (Å²) in [6, 6.07) is 8.15. The predicted molar refractivity (Wildman–Crippen MR) is 79.6 cm³/mol. The van der Waals surface area contributed by atoms with Gasteiger partial charge in [0.05, 0.1) is 4.88 Å². The quantitative estimate of drug-likeness (QED) is 0.931. The molecule has 3 nitrogen and oxygen atoms in total. The van der Waals surface area contributed by atoms with Crippen LogP contribution < -0.4 is 5.32 Å². The van der Waals surface area contributed by atoms with Gasteiger partial charge in [-0.2, -0.15) is 0 Å². The fourth-order valence-corrected chi connectivity index (χ4v) is 2.53. The Hall–Kier alpha value is -0.780. The number of halogens is 1. The molecule has 0 aliphatic carbocycles. The van der Waals surface area contributed by atoms with Gasteiger partial charge in [0.1, 0.15) is 5.69 Å². The second-order valence-corrected chi connectivity index (χ2v) is 6.91. The Morgan fingerprint density at radius 1 is 1.33 bits per heavy atom. The largest absolute Gasteiger partial charge is 0.307 e. The van der Waals surface area contributed by atoms with Crippen molar-refractivity contribution in [3.8, 4) is 11.3 Å². The standard InChI is InChI=1S/C13H16BrN3S/c1-13(2,3)15-8-11-12(16-17-18-11)9-5-4-6-10(14)7-9/h4-7,15H,8H2,1-3H3. The molecule has 0 bridgehead atoms. The van der Waals surface area contributed by atoms with Crippen LogP contribution in [0.5, 0.6) is 0 Å². The maximum Gasteiger partial charge on any atom is 0.110 e. The van der Waals surface area contributed by atoms with Gasteiger partial charge in [-0.05, 0) is 44.4 Å². The number of benzene rings is 1. The third-order valence-electron chi connectivity index (χ3n) is 2.43. The molecule has 0 atom stereocenters. The van der Waals surface area contributed by atoms with E-state index in [9.17, 15) is 0 Å². The van der Waals surface area contributed by atoms with Crippen LogP contribution in [-0.4, -0.2) is 15.1 Å². The van der Waals surface area contributed by atoms with Gasteiger partial charge in [-0.3, -0.25) is 0 Å². The molecule has 1 aromatic carbocycles. The molecule has 96 valence electrons. The van der Waals surface area contributed by atoms with E-state index >= 15 is 0 Å². The van der Waals surface area contributed by atoms with Crippen LogP contribution >= 0.6 is 27.5 Å². The smallest absolute Gasteiger partial charge is 0.110 e. The molecule has 1 aromatic heterocycles. The summed E-state index contributed by atoms with van der Waals surface area (Å²) in [5.74, 6) is 0. The molecule has 0 amide bonds. The summed E-state index contributed by atoms with van der Waals surface area (Å²) in [5, 5.41) is 7.70. The topological polar surface area (TPSA) is 37.8 Å². The van der Waals surface area contributed by atoms with Crippen LogP contribution in [0.2, 0.25) is 0 Å². The maximum absolute atomic E-state index is 4.24. The zero-order valence-corrected chi connectivity index (χ0v) is 13.1. The lowest BCUT2D eigenvalue weighted by Crippen LogP contribution is -2.34. The monoisotopic (exact) mass is 325 g/mol. The first kappa shape index (κ1) is 13.6. The molecule has 2 aromatic rings. The fourth-order valence-electron chi connectivity index (χ4n) is 1.53. The van der Waals surface area contributed by atoms with E-state index in [-0.39, 0.29) is 5.54 Å². The van der Waals surface area contributed by atoms with E-state index in [1.807, 2.05) is 12.1 Å². The number of rotatable bonds is 3. The molecule has 0 saturated carbocycles. The molecule has 0 unspecified atom stereocenters. The first-order valence-electron chi connectivity index (χ1n) is 5.78. The van der Waals surface area contributed by atoms with E-state index in [4.69, 9.17) is 0 Å². The van der Waals surface area contributed by atoms with Crippen LogP contribution in [-0.2, 0) is 6.54 Å². The first-order chi connectivity index (χ1) is 8.46. The van der Waals surface area contributed by atoms with Crippen molar-refractivity contribution in [1.29, 1.82) is 0 Å². The Morgan fingerprint density at radius 2 is 2.11 bits per heavy atom. The van der Waals surface area contributed by atoms with Gasteiger partial charge in [0.2, 0.25) is 0 Å². The molecular weight excluding hydrogens is 310 g/mol. The van der Waals surface area contributed by atoms with Gasteiger partial charge in [-0.25, -0.2) is 0 Å². The lowest BCUT2D eigenvalue weighted by Gasteiger charge is -2.19. The third kappa shape index (κ3) is 3.60. The van der Waals surface area contributed by atoms with E-state index in [0.717, 1.165) is 22.3 Å². The van der Waals surface area contributed by atoms with Crippen molar-refractivity contribution >= 4 is 27.5 Å². The summed E-state index contributed by atoms with van der Waals surface area (Å²) in [5.41, 5.74) is 2.17. The Kier molecular flexibility index (Phi) is 4.14. The summed E-state index contributed by atoms with van der Waals surface area (Å²) in [6.07, 6.45) is 0. The molecule has 2 rings (SSSR count). The highest BCUT2D eigenvalue weighted by Gasteiger charge is 2.14. The highest BCUT2D eigenvalue weighted by molar-refractivity contribution is 9.10. The number of nitrogens with zero attached hydrogens (tertiary/aromatic N) is 2. The van der Waals surface area contributed by atoms with Crippen molar-refractivity contribution in [1.82, 2.24) is 14.9 Å². The Morgan fingerprint density at radius 3 is 2.78 bits per heavy atom. The second-order valence-electron chi connectivity index (χ2n) is 5.16. The Balaban J connectivity index is 2.23. The van der Waals surface area contributed by atoms with E-state index in [0.29, 0.717) is 0 Å². The van der Waals surface area contributed by atoms with E-state index < -0.39 is 0 Å². The zero-order valence-electron chi connectivity index (χ0n) is 10.7. The van der Waals surface area contributed by atoms with Crippen molar-refractivity contribution in [2.24, 2.45) is 0 Å². The summed E-state index contributed by atoms with van der Waals surface area (Å²) < 4.78 is 5.12. The van der Waals surface area contributed by atoms with Crippen molar-refractivity contribution in [2.75, 3.05) is 0 Å². The van der Waals surface area contributed by atoms with Gasteiger partial charge in [0.25, 0.3) is 0 Å². The van der Waals surface area contributed by atoms with Crippen LogP contribution in [0.1, 0.15) is 25.6 Å². The van der Waals surface area contributed by atoms with Gasteiger partial charge < -0.3 is 5.32 Å². The SMILES string of the molecule is CC(C)(C)NCc1snnc1-c1cccc(Br)c1. The minimum Gasteiger partial charge on any atom is -0.307 e. The lowest BCUT2D eigenvalue weighted by molar-refractivity contribution is 0.426. The number of hydrogen-bond acceptors (Lipinski definition) is 4. The van der Waals surface area contributed by atoms with Gasteiger partial charge >= 0.3 is 0 Å². The molecule has 1 heterocycles.